The summed E-state index contributed by atoms with van der Waals surface area (Å²) in [6.45, 7) is 1.88. The summed E-state index contributed by atoms with van der Waals surface area (Å²) in [6.07, 6.45) is 0. The number of aryl methyl sites for hydroxylation is 1. The van der Waals surface area contributed by atoms with Gasteiger partial charge in [0.05, 0.1) is 5.02 Å². The molecule has 19 heavy (non-hydrogen) atoms. The third-order valence-electron chi connectivity index (χ3n) is 2.43. The topological polar surface area (TPSA) is 43.4 Å². The van der Waals surface area contributed by atoms with Crippen molar-refractivity contribution in [2.75, 3.05) is 0 Å². The van der Waals surface area contributed by atoms with E-state index in [2.05, 4.69) is 15.9 Å². The summed E-state index contributed by atoms with van der Waals surface area (Å²) in [7, 11) is -3.87. The normalized spacial score (nSPS) is 11.3. The zero-order valence-electron chi connectivity index (χ0n) is 9.93. The van der Waals surface area contributed by atoms with Crippen molar-refractivity contribution < 1.29 is 12.6 Å². The molecule has 0 aliphatic rings. The van der Waals surface area contributed by atoms with Crippen LogP contribution in [0.3, 0.4) is 0 Å². The highest BCUT2D eigenvalue weighted by Gasteiger charge is 2.18. The monoisotopic (exact) mass is 360 g/mol. The van der Waals surface area contributed by atoms with Crippen molar-refractivity contribution in [3.63, 3.8) is 0 Å². The van der Waals surface area contributed by atoms with Gasteiger partial charge in [-0.2, -0.15) is 8.42 Å². The minimum Gasteiger partial charge on any atom is -0.377 e. The van der Waals surface area contributed by atoms with Gasteiger partial charge in [-0.25, -0.2) is 0 Å². The molecule has 0 atom stereocenters. The molecule has 2 aromatic rings. The maximum absolute atomic E-state index is 12.1. The van der Waals surface area contributed by atoms with E-state index in [0.29, 0.717) is 4.47 Å². The van der Waals surface area contributed by atoms with Crippen LogP contribution in [0, 0.1) is 6.92 Å². The maximum Gasteiger partial charge on any atom is 0.339 e. The van der Waals surface area contributed by atoms with Gasteiger partial charge in [-0.15, -0.1) is 0 Å². The van der Waals surface area contributed by atoms with Crippen molar-refractivity contribution in [2.45, 2.75) is 11.8 Å². The lowest BCUT2D eigenvalue weighted by molar-refractivity contribution is 0.486. The van der Waals surface area contributed by atoms with Gasteiger partial charge in [0.1, 0.15) is 4.90 Å². The zero-order chi connectivity index (χ0) is 14.0. The average molecular weight is 362 g/mol. The first-order valence-corrected chi connectivity index (χ1v) is 7.93. The zero-order valence-corrected chi connectivity index (χ0v) is 13.1. The van der Waals surface area contributed by atoms with Crippen LogP contribution < -0.4 is 4.18 Å². The second-order valence-corrected chi connectivity index (χ2v) is 6.68. The van der Waals surface area contributed by atoms with Crippen LogP contribution in [0.2, 0.25) is 5.02 Å². The molecule has 0 aromatic heterocycles. The van der Waals surface area contributed by atoms with Crippen molar-refractivity contribution in [3.8, 4) is 5.75 Å². The Morgan fingerprint density at radius 3 is 2.37 bits per heavy atom. The Morgan fingerprint density at radius 2 is 1.74 bits per heavy atom. The fourth-order valence-corrected chi connectivity index (χ4v) is 2.92. The van der Waals surface area contributed by atoms with E-state index in [4.69, 9.17) is 15.8 Å². The van der Waals surface area contributed by atoms with Gasteiger partial charge in [-0.1, -0.05) is 35.4 Å². The van der Waals surface area contributed by atoms with E-state index >= 15 is 0 Å². The fraction of sp³-hybridized carbons (Fsp3) is 0.0769. The van der Waals surface area contributed by atoms with Crippen molar-refractivity contribution in [1.82, 2.24) is 0 Å². The predicted octanol–water partition coefficient (Wildman–Crippen LogP) is 4.18. The van der Waals surface area contributed by atoms with Gasteiger partial charge in [-0.05, 0) is 47.1 Å². The average Bonchev–Trinajstić information content (AvgIpc) is 2.35. The minimum atomic E-state index is -3.87. The standard InChI is InChI=1S/C13H10BrClO3S/c1-9-5-7-10(8-6-9)19(16,17)18-12-4-2-3-11(14)13(12)15/h2-8H,1H3. The molecule has 0 bridgehead atoms. The van der Waals surface area contributed by atoms with Crippen LogP contribution in [0.5, 0.6) is 5.75 Å². The van der Waals surface area contributed by atoms with E-state index < -0.39 is 10.1 Å². The summed E-state index contributed by atoms with van der Waals surface area (Å²) < 4.78 is 29.8. The Kier molecular flexibility index (Phi) is 4.18. The highest BCUT2D eigenvalue weighted by molar-refractivity contribution is 9.10. The highest BCUT2D eigenvalue weighted by atomic mass is 79.9. The van der Waals surface area contributed by atoms with Crippen LogP contribution in [-0.4, -0.2) is 8.42 Å². The highest BCUT2D eigenvalue weighted by Crippen LogP contribution is 2.33. The molecular formula is C13H10BrClO3S. The van der Waals surface area contributed by atoms with Gasteiger partial charge < -0.3 is 4.18 Å². The van der Waals surface area contributed by atoms with Crippen LogP contribution in [0.15, 0.2) is 51.8 Å². The second kappa shape index (κ2) is 5.53. The van der Waals surface area contributed by atoms with Crippen LogP contribution in [-0.2, 0) is 10.1 Å². The first-order chi connectivity index (χ1) is 8.90. The quantitative estimate of drug-likeness (QED) is 0.770. The molecule has 0 N–H and O–H groups in total. The van der Waals surface area contributed by atoms with Gasteiger partial charge in [0.25, 0.3) is 0 Å². The number of benzene rings is 2. The van der Waals surface area contributed by atoms with E-state index in [1.54, 1.807) is 24.3 Å². The molecule has 6 heteroatoms. The smallest absolute Gasteiger partial charge is 0.339 e. The summed E-state index contributed by atoms with van der Waals surface area (Å²) >= 11 is 9.19. The third kappa shape index (κ3) is 3.29. The molecule has 2 aromatic carbocycles. The molecule has 0 radical (unpaired) electrons. The van der Waals surface area contributed by atoms with Gasteiger partial charge >= 0.3 is 10.1 Å². The number of hydrogen-bond acceptors (Lipinski definition) is 3. The number of rotatable bonds is 3. The molecule has 0 spiro atoms. The molecular weight excluding hydrogens is 352 g/mol. The lowest BCUT2D eigenvalue weighted by atomic mass is 10.2. The third-order valence-corrected chi connectivity index (χ3v) is 4.95. The van der Waals surface area contributed by atoms with Crippen molar-refractivity contribution in [1.29, 1.82) is 0 Å². The molecule has 0 saturated carbocycles. The van der Waals surface area contributed by atoms with Gasteiger partial charge in [-0.3, -0.25) is 0 Å². The summed E-state index contributed by atoms with van der Waals surface area (Å²) in [5, 5.41) is 0.221. The Bertz CT molecular complexity index is 696. The van der Waals surface area contributed by atoms with E-state index in [1.807, 2.05) is 6.92 Å². The molecule has 0 fully saturated rings. The molecule has 0 aliphatic carbocycles. The minimum absolute atomic E-state index is 0.0918. The van der Waals surface area contributed by atoms with E-state index in [0.717, 1.165) is 5.56 Å². The van der Waals surface area contributed by atoms with Crippen molar-refractivity contribution in [3.05, 3.63) is 57.5 Å². The van der Waals surface area contributed by atoms with Crippen molar-refractivity contribution >= 4 is 37.6 Å². The first kappa shape index (κ1) is 14.4. The molecule has 0 amide bonds. The number of halogens is 2. The van der Waals surface area contributed by atoms with E-state index in [-0.39, 0.29) is 15.7 Å². The second-order valence-electron chi connectivity index (χ2n) is 3.90. The van der Waals surface area contributed by atoms with Gasteiger partial charge in [0.15, 0.2) is 5.75 Å². The van der Waals surface area contributed by atoms with Gasteiger partial charge in [0, 0.05) is 4.47 Å². The molecule has 0 heterocycles. The maximum atomic E-state index is 12.1. The summed E-state index contributed by atoms with van der Waals surface area (Å²) in [5.41, 5.74) is 0.972. The van der Waals surface area contributed by atoms with Crippen LogP contribution in [0.4, 0.5) is 0 Å². The van der Waals surface area contributed by atoms with Crippen LogP contribution >= 0.6 is 27.5 Å². The summed E-state index contributed by atoms with van der Waals surface area (Å²) in [6, 6.07) is 11.3. The molecule has 100 valence electrons. The molecule has 0 unspecified atom stereocenters. The SMILES string of the molecule is Cc1ccc(S(=O)(=O)Oc2cccc(Br)c2Cl)cc1. The van der Waals surface area contributed by atoms with E-state index in [1.165, 1.54) is 18.2 Å². The summed E-state index contributed by atoms with van der Waals surface area (Å²) in [4.78, 5) is 0.0918. The van der Waals surface area contributed by atoms with Crippen LogP contribution in [0.25, 0.3) is 0 Å². The van der Waals surface area contributed by atoms with Crippen molar-refractivity contribution in [2.24, 2.45) is 0 Å². The van der Waals surface area contributed by atoms with Crippen LogP contribution in [0.1, 0.15) is 5.56 Å². The molecule has 2 rings (SSSR count). The molecule has 0 aliphatic heterocycles. The Morgan fingerprint density at radius 1 is 1.11 bits per heavy atom. The first-order valence-electron chi connectivity index (χ1n) is 5.35. The predicted molar refractivity (Wildman–Crippen MR) is 78.1 cm³/mol. The summed E-state index contributed by atoms with van der Waals surface area (Å²) in [5.74, 6) is 0.0941. The van der Waals surface area contributed by atoms with E-state index in [9.17, 15) is 8.42 Å². The Labute approximate surface area is 125 Å². The van der Waals surface area contributed by atoms with Gasteiger partial charge in [0.2, 0.25) is 0 Å². The Balaban J connectivity index is 2.36. The number of hydrogen-bond donors (Lipinski definition) is 0. The molecule has 0 saturated heterocycles. The lowest BCUT2D eigenvalue weighted by Gasteiger charge is -2.09. The lowest BCUT2D eigenvalue weighted by Crippen LogP contribution is -2.10. The Hall–Kier alpha value is -1.04. The largest absolute Gasteiger partial charge is 0.377 e. The molecule has 3 nitrogen and oxygen atoms in total. The fourth-order valence-electron chi connectivity index (χ4n) is 1.42.